The molecule has 5 nitrogen and oxygen atoms in total. The summed E-state index contributed by atoms with van der Waals surface area (Å²) >= 11 is 0. The van der Waals surface area contributed by atoms with Crippen LogP contribution in [0.25, 0.3) is 0 Å². The Hall–Kier alpha value is -2.21. The lowest BCUT2D eigenvalue weighted by Crippen LogP contribution is -2.33. The van der Waals surface area contributed by atoms with Crippen LogP contribution in [0.2, 0.25) is 0 Å². The van der Waals surface area contributed by atoms with E-state index in [9.17, 15) is 8.42 Å². The van der Waals surface area contributed by atoms with Gasteiger partial charge in [-0.25, -0.2) is 8.42 Å². The zero-order valence-corrected chi connectivity index (χ0v) is 14.6. The maximum Gasteiger partial charge on any atom is 0.229 e. The van der Waals surface area contributed by atoms with Gasteiger partial charge in [-0.05, 0) is 36.5 Å². The summed E-state index contributed by atoms with van der Waals surface area (Å²) in [7, 11) is -1.80. The smallest absolute Gasteiger partial charge is 0.229 e. The van der Waals surface area contributed by atoms with Gasteiger partial charge in [0.05, 0.1) is 19.1 Å². The average Bonchev–Trinajstić information content (AvgIpc) is 2.51. The molecule has 128 valence electrons. The van der Waals surface area contributed by atoms with Crippen molar-refractivity contribution in [2.45, 2.75) is 24.8 Å². The van der Waals surface area contributed by atoms with Gasteiger partial charge in [0, 0.05) is 17.8 Å². The maximum atomic E-state index is 11.4. The van der Waals surface area contributed by atoms with Crippen molar-refractivity contribution in [3.63, 3.8) is 0 Å². The summed E-state index contributed by atoms with van der Waals surface area (Å²) < 4.78 is 30.5. The number of methoxy groups -OCH3 is 1. The molecule has 0 heterocycles. The van der Waals surface area contributed by atoms with Crippen LogP contribution >= 0.6 is 0 Å². The Morgan fingerprint density at radius 2 is 1.79 bits per heavy atom. The topological polar surface area (TPSA) is 67.4 Å². The Kier molecular flexibility index (Phi) is 4.66. The molecule has 6 heteroatoms. The van der Waals surface area contributed by atoms with Gasteiger partial charge >= 0.3 is 0 Å². The number of nitrogens with one attached hydrogen (secondary N) is 2. The molecule has 1 aliphatic rings. The molecule has 2 N–H and O–H groups in total. The molecule has 0 spiro atoms. The van der Waals surface area contributed by atoms with Crippen LogP contribution in [0.3, 0.4) is 0 Å². The summed E-state index contributed by atoms with van der Waals surface area (Å²) in [6.07, 6.45) is 3.31. The van der Waals surface area contributed by atoms with Crippen molar-refractivity contribution in [1.29, 1.82) is 0 Å². The molecular formula is C18H22N2O3S. The number of benzene rings is 2. The molecule has 0 aliphatic heterocycles. The molecule has 2 aromatic carbocycles. The average molecular weight is 346 g/mol. The van der Waals surface area contributed by atoms with Gasteiger partial charge in [0.15, 0.2) is 0 Å². The van der Waals surface area contributed by atoms with E-state index in [-0.39, 0.29) is 0 Å². The molecule has 24 heavy (non-hydrogen) atoms. The van der Waals surface area contributed by atoms with E-state index < -0.39 is 10.0 Å². The summed E-state index contributed by atoms with van der Waals surface area (Å²) in [5.74, 6) is 1.11. The van der Waals surface area contributed by atoms with Gasteiger partial charge in [0.1, 0.15) is 5.75 Å². The van der Waals surface area contributed by atoms with Crippen molar-refractivity contribution in [2.24, 2.45) is 0 Å². The highest BCUT2D eigenvalue weighted by Crippen LogP contribution is 2.39. The molecule has 0 saturated heterocycles. The first kappa shape index (κ1) is 16.6. The van der Waals surface area contributed by atoms with Crippen LogP contribution in [0.1, 0.15) is 24.3 Å². The lowest BCUT2D eigenvalue weighted by Gasteiger charge is -2.37. The largest absolute Gasteiger partial charge is 0.494 e. The number of hydrogen-bond donors (Lipinski definition) is 2. The predicted molar refractivity (Wildman–Crippen MR) is 97.3 cm³/mol. The molecule has 1 saturated carbocycles. The van der Waals surface area contributed by atoms with Gasteiger partial charge in [-0.1, -0.05) is 30.3 Å². The third-order valence-corrected chi connectivity index (χ3v) is 4.87. The highest BCUT2D eigenvalue weighted by atomic mass is 32.2. The van der Waals surface area contributed by atoms with E-state index in [1.165, 1.54) is 12.7 Å². The highest BCUT2D eigenvalue weighted by Gasteiger charge is 2.30. The molecule has 3 rings (SSSR count). The van der Waals surface area contributed by atoms with E-state index in [1.807, 2.05) is 18.2 Å². The monoisotopic (exact) mass is 346 g/mol. The van der Waals surface area contributed by atoms with E-state index in [2.05, 4.69) is 34.3 Å². The van der Waals surface area contributed by atoms with Crippen LogP contribution in [0, 0.1) is 0 Å². The second-order valence-electron chi connectivity index (χ2n) is 6.21. The van der Waals surface area contributed by atoms with Crippen LogP contribution in [0.15, 0.2) is 48.5 Å². The summed E-state index contributed by atoms with van der Waals surface area (Å²) in [4.78, 5) is 0. The summed E-state index contributed by atoms with van der Waals surface area (Å²) in [6.45, 7) is 0. The molecule has 0 bridgehead atoms. The van der Waals surface area contributed by atoms with Crippen LogP contribution in [0.5, 0.6) is 5.75 Å². The van der Waals surface area contributed by atoms with E-state index in [0.717, 1.165) is 24.8 Å². The Bertz CT molecular complexity index is 800. The first-order chi connectivity index (χ1) is 11.4. The van der Waals surface area contributed by atoms with E-state index in [0.29, 0.717) is 23.4 Å². The van der Waals surface area contributed by atoms with Gasteiger partial charge in [0.2, 0.25) is 10.0 Å². The van der Waals surface area contributed by atoms with Crippen LogP contribution in [-0.4, -0.2) is 27.8 Å². The van der Waals surface area contributed by atoms with Crippen molar-refractivity contribution >= 4 is 21.4 Å². The van der Waals surface area contributed by atoms with Crippen LogP contribution in [0.4, 0.5) is 11.4 Å². The number of ether oxygens (including phenoxy) is 1. The quantitative estimate of drug-likeness (QED) is 0.841. The standard InChI is InChI=1S/C18H22N2O3S/c1-23-18-12-15(8-9-17(18)20-24(2,21)22)19-16-10-14(11-16)13-6-4-3-5-7-13/h3-9,12,14,16,19-20H,10-11H2,1-2H3. The molecule has 1 fully saturated rings. The lowest BCUT2D eigenvalue weighted by atomic mass is 9.76. The molecule has 0 amide bonds. The van der Waals surface area contributed by atoms with Gasteiger partial charge in [-0.2, -0.15) is 0 Å². The fourth-order valence-corrected chi connectivity index (χ4v) is 3.60. The third-order valence-electron chi connectivity index (χ3n) is 4.28. The van der Waals surface area contributed by atoms with E-state index in [1.54, 1.807) is 6.07 Å². The maximum absolute atomic E-state index is 11.4. The summed E-state index contributed by atoms with van der Waals surface area (Å²) in [6, 6.07) is 16.4. The van der Waals surface area contributed by atoms with Gasteiger partial charge in [-0.15, -0.1) is 0 Å². The Morgan fingerprint density at radius 3 is 2.42 bits per heavy atom. The minimum atomic E-state index is -3.33. The molecule has 2 aromatic rings. The summed E-state index contributed by atoms with van der Waals surface area (Å²) in [5, 5.41) is 3.49. The minimum absolute atomic E-state index is 0.425. The van der Waals surface area contributed by atoms with Crippen molar-refractivity contribution in [2.75, 3.05) is 23.4 Å². The SMILES string of the molecule is COc1cc(NC2CC(c3ccccc3)C2)ccc1NS(C)(=O)=O. The van der Waals surface area contributed by atoms with Crippen molar-refractivity contribution in [1.82, 2.24) is 0 Å². The Labute approximate surface area is 143 Å². The molecule has 0 radical (unpaired) electrons. The summed E-state index contributed by atoms with van der Waals surface area (Å²) in [5.41, 5.74) is 2.77. The zero-order chi connectivity index (χ0) is 17.2. The first-order valence-corrected chi connectivity index (χ1v) is 9.81. The Morgan fingerprint density at radius 1 is 1.08 bits per heavy atom. The number of rotatable bonds is 6. The number of hydrogen-bond acceptors (Lipinski definition) is 4. The van der Waals surface area contributed by atoms with Crippen LogP contribution in [-0.2, 0) is 10.0 Å². The molecular weight excluding hydrogens is 324 g/mol. The van der Waals surface area contributed by atoms with Gasteiger partial charge in [-0.3, -0.25) is 4.72 Å². The minimum Gasteiger partial charge on any atom is -0.494 e. The highest BCUT2D eigenvalue weighted by molar-refractivity contribution is 7.92. The van der Waals surface area contributed by atoms with Crippen LogP contribution < -0.4 is 14.8 Å². The molecule has 0 atom stereocenters. The van der Waals surface area contributed by atoms with Gasteiger partial charge < -0.3 is 10.1 Å². The molecule has 1 aliphatic carbocycles. The number of anilines is 2. The van der Waals surface area contributed by atoms with Crippen molar-refractivity contribution in [3.05, 3.63) is 54.1 Å². The van der Waals surface area contributed by atoms with Crippen molar-refractivity contribution in [3.8, 4) is 5.75 Å². The van der Waals surface area contributed by atoms with E-state index in [4.69, 9.17) is 4.74 Å². The third kappa shape index (κ3) is 4.00. The lowest BCUT2D eigenvalue weighted by molar-refractivity contribution is 0.374. The fourth-order valence-electron chi connectivity index (χ4n) is 3.03. The normalized spacial score (nSPS) is 20.1. The molecule has 0 unspecified atom stereocenters. The Balaban J connectivity index is 1.62. The number of sulfonamides is 1. The first-order valence-electron chi connectivity index (χ1n) is 7.92. The predicted octanol–water partition coefficient (Wildman–Crippen LogP) is 3.42. The second-order valence-corrected chi connectivity index (χ2v) is 7.96. The second kappa shape index (κ2) is 6.73. The molecule has 0 aromatic heterocycles. The fraction of sp³-hybridized carbons (Fsp3) is 0.333. The van der Waals surface area contributed by atoms with Crippen molar-refractivity contribution < 1.29 is 13.2 Å². The van der Waals surface area contributed by atoms with E-state index >= 15 is 0 Å². The van der Waals surface area contributed by atoms with Gasteiger partial charge in [0.25, 0.3) is 0 Å². The zero-order valence-electron chi connectivity index (χ0n) is 13.8.